The summed E-state index contributed by atoms with van der Waals surface area (Å²) in [6.45, 7) is 2.88. The second kappa shape index (κ2) is 8.93. The van der Waals surface area contributed by atoms with Crippen molar-refractivity contribution in [3.63, 3.8) is 0 Å². The van der Waals surface area contributed by atoms with Gasteiger partial charge >= 0.3 is 0 Å². The number of nitrogens with zero attached hydrogens (tertiary/aromatic N) is 4. The average Bonchev–Trinajstić information content (AvgIpc) is 3.36. The van der Waals surface area contributed by atoms with Crippen molar-refractivity contribution in [2.45, 2.75) is 25.7 Å². The lowest BCUT2D eigenvalue weighted by atomic mass is 10.2. The Morgan fingerprint density at radius 2 is 2.21 bits per heavy atom. The lowest BCUT2D eigenvalue weighted by Gasteiger charge is -2.12. The van der Waals surface area contributed by atoms with E-state index < -0.39 is 0 Å². The van der Waals surface area contributed by atoms with Crippen LogP contribution in [-0.4, -0.2) is 45.5 Å². The molecule has 2 aromatic heterocycles. The van der Waals surface area contributed by atoms with E-state index in [9.17, 15) is 4.79 Å². The minimum atomic E-state index is -0.226. The Morgan fingerprint density at radius 3 is 2.86 bits per heavy atom. The number of aromatic nitrogens is 4. The summed E-state index contributed by atoms with van der Waals surface area (Å²) in [6.07, 6.45) is 5.42. The molecular formula is C20H29N7O2. The number of nitrogens with one attached hydrogen (secondary N) is 3. The lowest BCUT2D eigenvalue weighted by molar-refractivity contribution is 0.278. The molecule has 156 valence electrons. The predicted octanol–water partition coefficient (Wildman–Crippen LogP) is 1.64. The van der Waals surface area contributed by atoms with Crippen molar-refractivity contribution in [2.24, 2.45) is 20.0 Å². The lowest BCUT2D eigenvalue weighted by Crippen LogP contribution is -2.26. The molecule has 2 heterocycles. The Bertz CT molecular complexity index is 960. The second-order valence-corrected chi connectivity index (χ2v) is 7.30. The summed E-state index contributed by atoms with van der Waals surface area (Å²) < 4.78 is 8.96. The van der Waals surface area contributed by atoms with Crippen molar-refractivity contribution >= 4 is 11.4 Å². The molecule has 2 atom stereocenters. The smallest absolute Gasteiger partial charge is 0.290 e. The van der Waals surface area contributed by atoms with Crippen LogP contribution < -0.4 is 20.9 Å². The van der Waals surface area contributed by atoms with Crippen LogP contribution in [0.4, 0.5) is 5.69 Å². The molecule has 0 aromatic carbocycles. The fourth-order valence-electron chi connectivity index (χ4n) is 3.11. The SMILES string of the molecule is CCC(=N)/C=C(/CNc1cc(OC[C@H]2C[C@@H]2c2ccn(C)n2)nn(C)c1=O)NC. The van der Waals surface area contributed by atoms with Crippen LogP contribution in [0.2, 0.25) is 0 Å². The molecule has 0 spiro atoms. The van der Waals surface area contributed by atoms with Crippen LogP contribution >= 0.6 is 0 Å². The van der Waals surface area contributed by atoms with E-state index in [1.54, 1.807) is 26.2 Å². The van der Waals surface area contributed by atoms with Crippen molar-refractivity contribution in [3.8, 4) is 5.88 Å². The van der Waals surface area contributed by atoms with Gasteiger partial charge < -0.3 is 20.8 Å². The zero-order chi connectivity index (χ0) is 21.0. The zero-order valence-corrected chi connectivity index (χ0v) is 17.4. The number of rotatable bonds is 10. The molecule has 29 heavy (non-hydrogen) atoms. The summed E-state index contributed by atoms with van der Waals surface area (Å²) in [4.78, 5) is 12.4. The Labute approximate surface area is 170 Å². The predicted molar refractivity (Wildman–Crippen MR) is 113 cm³/mol. The topological polar surface area (TPSA) is 110 Å². The van der Waals surface area contributed by atoms with Crippen molar-refractivity contribution in [3.05, 3.63) is 46.2 Å². The molecule has 1 saturated carbocycles. The van der Waals surface area contributed by atoms with Gasteiger partial charge in [0.2, 0.25) is 5.88 Å². The van der Waals surface area contributed by atoms with Gasteiger partial charge in [0, 0.05) is 56.7 Å². The largest absolute Gasteiger partial charge is 0.476 e. The van der Waals surface area contributed by atoms with Crippen LogP contribution in [0.1, 0.15) is 31.4 Å². The van der Waals surface area contributed by atoms with Crippen LogP contribution in [0.3, 0.4) is 0 Å². The highest BCUT2D eigenvalue weighted by atomic mass is 16.5. The minimum Gasteiger partial charge on any atom is -0.476 e. The van der Waals surface area contributed by atoms with E-state index in [1.807, 2.05) is 30.9 Å². The van der Waals surface area contributed by atoms with Crippen LogP contribution in [-0.2, 0) is 14.1 Å². The van der Waals surface area contributed by atoms with Gasteiger partial charge in [0.1, 0.15) is 5.69 Å². The first-order valence-electron chi connectivity index (χ1n) is 9.81. The van der Waals surface area contributed by atoms with Gasteiger partial charge in [-0.15, -0.1) is 5.10 Å². The monoisotopic (exact) mass is 399 g/mol. The number of anilines is 1. The van der Waals surface area contributed by atoms with E-state index in [4.69, 9.17) is 10.1 Å². The molecule has 3 N–H and O–H groups in total. The maximum atomic E-state index is 12.4. The van der Waals surface area contributed by atoms with Crippen LogP contribution in [0, 0.1) is 11.3 Å². The van der Waals surface area contributed by atoms with Crippen molar-refractivity contribution in [1.29, 1.82) is 5.41 Å². The Kier molecular flexibility index (Phi) is 6.36. The number of likely N-dealkylation sites (N-methyl/N-ethyl adjacent to an activating group) is 1. The van der Waals surface area contributed by atoms with Crippen LogP contribution in [0.15, 0.2) is 34.9 Å². The number of allylic oxidation sites excluding steroid dienone is 1. The second-order valence-electron chi connectivity index (χ2n) is 7.30. The summed E-state index contributed by atoms with van der Waals surface area (Å²) in [5.41, 5.74) is 2.64. The van der Waals surface area contributed by atoms with Gasteiger partial charge in [-0.05, 0) is 25.0 Å². The third kappa shape index (κ3) is 5.24. The molecule has 3 rings (SSSR count). The molecule has 2 aromatic rings. The van der Waals surface area contributed by atoms with Gasteiger partial charge in [0.25, 0.3) is 5.56 Å². The van der Waals surface area contributed by atoms with Crippen molar-refractivity contribution in [2.75, 3.05) is 25.5 Å². The summed E-state index contributed by atoms with van der Waals surface area (Å²) in [7, 11) is 5.32. The Balaban J connectivity index is 1.61. The van der Waals surface area contributed by atoms with E-state index in [0.29, 0.717) is 48.7 Å². The van der Waals surface area contributed by atoms with Gasteiger partial charge in [-0.2, -0.15) is 5.10 Å². The van der Waals surface area contributed by atoms with E-state index in [2.05, 4.69) is 20.8 Å². The molecule has 0 amide bonds. The van der Waals surface area contributed by atoms with Crippen molar-refractivity contribution in [1.82, 2.24) is 24.9 Å². The quantitative estimate of drug-likeness (QED) is 0.524. The first kappa shape index (κ1) is 20.6. The van der Waals surface area contributed by atoms with Crippen LogP contribution in [0.25, 0.3) is 0 Å². The van der Waals surface area contributed by atoms with Gasteiger partial charge in [-0.1, -0.05) is 6.92 Å². The van der Waals surface area contributed by atoms with Gasteiger partial charge in [-0.25, -0.2) is 4.68 Å². The normalized spacial score (nSPS) is 18.4. The number of hydrogen-bond acceptors (Lipinski definition) is 7. The van der Waals surface area contributed by atoms with E-state index in [-0.39, 0.29) is 5.56 Å². The molecule has 0 unspecified atom stereocenters. The maximum Gasteiger partial charge on any atom is 0.290 e. The summed E-state index contributed by atoms with van der Waals surface area (Å²) in [5.74, 6) is 1.26. The van der Waals surface area contributed by atoms with E-state index >= 15 is 0 Å². The van der Waals surface area contributed by atoms with Crippen LogP contribution in [0.5, 0.6) is 5.88 Å². The molecule has 1 aliphatic rings. The minimum absolute atomic E-state index is 0.226. The molecular weight excluding hydrogens is 370 g/mol. The third-order valence-electron chi connectivity index (χ3n) is 5.04. The van der Waals surface area contributed by atoms with E-state index in [1.165, 1.54) is 4.68 Å². The Morgan fingerprint density at radius 1 is 1.41 bits per heavy atom. The Hall–Kier alpha value is -3.10. The molecule has 0 saturated heterocycles. The zero-order valence-electron chi connectivity index (χ0n) is 17.4. The van der Waals surface area contributed by atoms with Gasteiger partial charge in [-0.3, -0.25) is 9.48 Å². The number of ether oxygens (including phenoxy) is 1. The maximum absolute atomic E-state index is 12.4. The average molecular weight is 399 g/mol. The molecule has 0 aliphatic heterocycles. The standard InChI is InChI=1S/C20H29N7O2/c1-5-14(21)9-15(22-2)11-23-18-10-19(25-27(4)20(18)28)29-12-13-8-16(13)17-6-7-26(3)24-17/h6-7,9-10,13,16,21-23H,5,8,11-12H2,1-4H3/b15-9-,21-14?/t13-,16+/m1/s1. The van der Waals surface area contributed by atoms with Gasteiger partial charge in [0.15, 0.2) is 0 Å². The fraction of sp³-hybridized carbons (Fsp3) is 0.500. The summed E-state index contributed by atoms with van der Waals surface area (Å²) in [5, 5.41) is 22.6. The number of aryl methyl sites for hydroxylation is 2. The first-order valence-corrected chi connectivity index (χ1v) is 9.81. The van der Waals surface area contributed by atoms with Gasteiger partial charge in [0.05, 0.1) is 18.8 Å². The third-order valence-corrected chi connectivity index (χ3v) is 5.04. The highest BCUT2D eigenvalue weighted by Crippen LogP contribution is 2.46. The molecule has 1 aliphatic carbocycles. The first-order chi connectivity index (χ1) is 13.9. The van der Waals surface area contributed by atoms with Crippen molar-refractivity contribution < 1.29 is 4.74 Å². The highest BCUT2D eigenvalue weighted by molar-refractivity contribution is 5.92. The van der Waals surface area contributed by atoms with E-state index in [0.717, 1.165) is 17.8 Å². The highest BCUT2D eigenvalue weighted by Gasteiger charge is 2.40. The summed E-state index contributed by atoms with van der Waals surface area (Å²) >= 11 is 0. The molecule has 9 heteroatoms. The molecule has 1 fully saturated rings. The molecule has 0 radical (unpaired) electrons. The molecule has 9 nitrogen and oxygen atoms in total. The summed E-state index contributed by atoms with van der Waals surface area (Å²) in [6, 6.07) is 3.68. The number of hydrogen-bond donors (Lipinski definition) is 3. The fourth-order valence-corrected chi connectivity index (χ4v) is 3.11. The molecule has 0 bridgehead atoms.